The molecule has 0 aromatic carbocycles. The third kappa shape index (κ3) is 2.88. The number of hydrogen-bond acceptors (Lipinski definition) is 3. The molecular weight excluding hydrogens is 196 g/mol. The molecule has 0 radical (unpaired) electrons. The molecule has 1 aromatic heterocycles. The highest BCUT2D eigenvalue weighted by atomic mass is 16.3. The molecule has 15 heavy (non-hydrogen) atoms. The van der Waals surface area contributed by atoms with Gasteiger partial charge in [0.05, 0.1) is 11.6 Å². The number of carbonyl (C=O) groups is 1. The molecule has 1 heterocycles. The van der Waals surface area contributed by atoms with Gasteiger partial charge in [-0.15, -0.1) is 6.42 Å². The van der Waals surface area contributed by atoms with Crippen LogP contribution in [0.5, 0.6) is 5.88 Å². The first-order valence-corrected chi connectivity index (χ1v) is 4.23. The van der Waals surface area contributed by atoms with Gasteiger partial charge in [-0.05, 0) is 6.92 Å². The Labute approximate surface area is 86.1 Å². The van der Waals surface area contributed by atoms with Gasteiger partial charge in [-0.1, -0.05) is 5.92 Å². The minimum absolute atomic E-state index is 0.0679. The molecule has 0 spiro atoms. The summed E-state index contributed by atoms with van der Waals surface area (Å²) in [5, 5.41) is 11.5. The number of H-pyrrole nitrogens is 1. The Bertz CT molecular complexity index is 470. The molecule has 5 nitrogen and oxygen atoms in total. The van der Waals surface area contributed by atoms with Crippen molar-refractivity contribution < 1.29 is 9.90 Å². The van der Waals surface area contributed by atoms with Gasteiger partial charge in [-0.3, -0.25) is 14.6 Å². The van der Waals surface area contributed by atoms with Gasteiger partial charge >= 0.3 is 0 Å². The van der Waals surface area contributed by atoms with Crippen molar-refractivity contribution >= 4 is 5.91 Å². The summed E-state index contributed by atoms with van der Waals surface area (Å²) in [5.74, 6) is 1.46. The van der Waals surface area contributed by atoms with Gasteiger partial charge in [0.2, 0.25) is 0 Å². The Kier molecular flexibility index (Phi) is 3.13. The largest absolute Gasteiger partial charge is 0.494 e. The molecule has 1 amide bonds. The minimum Gasteiger partial charge on any atom is -0.494 e. The first-order chi connectivity index (χ1) is 7.02. The van der Waals surface area contributed by atoms with Crippen molar-refractivity contribution in [3.63, 3.8) is 0 Å². The smallest absolute Gasteiger partial charge is 0.252 e. The van der Waals surface area contributed by atoms with Crippen LogP contribution in [0, 0.1) is 12.3 Å². The molecule has 0 saturated heterocycles. The SMILES string of the molecule is C#CC(C)NC(=O)c1cc(O)[nH]c(=O)c1. The summed E-state index contributed by atoms with van der Waals surface area (Å²) in [7, 11) is 0. The Morgan fingerprint density at radius 3 is 2.87 bits per heavy atom. The van der Waals surface area contributed by atoms with Crippen molar-refractivity contribution in [1.82, 2.24) is 10.3 Å². The van der Waals surface area contributed by atoms with E-state index in [-0.39, 0.29) is 11.4 Å². The minimum atomic E-state index is -0.548. The topological polar surface area (TPSA) is 82.2 Å². The molecule has 1 aromatic rings. The molecule has 3 N–H and O–H groups in total. The van der Waals surface area contributed by atoms with Crippen LogP contribution in [-0.4, -0.2) is 22.0 Å². The van der Waals surface area contributed by atoms with Crippen molar-refractivity contribution in [3.05, 3.63) is 28.0 Å². The number of amides is 1. The lowest BCUT2D eigenvalue weighted by Crippen LogP contribution is -2.31. The Morgan fingerprint density at radius 1 is 1.67 bits per heavy atom. The standard InChI is InChI=1S/C10H10N2O3/c1-3-6(2)11-10(15)7-4-8(13)12-9(14)5-7/h1,4-6H,2H3,(H,11,15)(H2,12,13,14). The molecule has 78 valence electrons. The highest BCUT2D eigenvalue weighted by Crippen LogP contribution is 2.03. The second-order valence-corrected chi connectivity index (χ2v) is 2.98. The molecule has 0 aliphatic heterocycles. The van der Waals surface area contributed by atoms with E-state index in [0.29, 0.717) is 0 Å². The van der Waals surface area contributed by atoms with Gasteiger partial charge in [-0.2, -0.15) is 0 Å². The Hall–Kier alpha value is -2.22. The second-order valence-electron chi connectivity index (χ2n) is 2.98. The summed E-state index contributed by atoms with van der Waals surface area (Å²) in [5.41, 5.74) is -0.480. The molecular formula is C10H10N2O3. The van der Waals surface area contributed by atoms with Crippen molar-refractivity contribution in [2.45, 2.75) is 13.0 Å². The van der Waals surface area contributed by atoms with E-state index in [1.807, 2.05) is 0 Å². The lowest BCUT2D eigenvalue weighted by Gasteiger charge is -2.07. The van der Waals surface area contributed by atoms with E-state index in [1.54, 1.807) is 6.92 Å². The fraction of sp³-hybridized carbons (Fsp3) is 0.200. The van der Waals surface area contributed by atoms with Crippen LogP contribution in [0.25, 0.3) is 0 Å². The summed E-state index contributed by atoms with van der Waals surface area (Å²) < 4.78 is 0. The summed E-state index contributed by atoms with van der Waals surface area (Å²) in [6.07, 6.45) is 5.08. The highest BCUT2D eigenvalue weighted by molar-refractivity contribution is 5.94. The maximum atomic E-state index is 11.4. The number of terminal acetylenes is 1. The van der Waals surface area contributed by atoms with Gasteiger partial charge in [0.25, 0.3) is 11.5 Å². The van der Waals surface area contributed by atoms with Gasteiger partial charge in [0, 0.05) is 12.1 Å². The first-order valence-electron chi connectivity index (χ1n) is 4.23. The number of carbonyl (C=O) groups excluding carboxylic acids is 1. The van der Waals surface area contributed by atoms with E-state index in [2.05, 4.69) is 16.2 Å². The monoisotopic (exact) mass is 206 g/mol. The summed E-state index contributed by atoms with van der Waals surface area (Å²) in [6, 6.07) is 1.80. The molecule has 1 atom stereocenters. The predicted octanol–water partition coefficient (Wildman–Crippen LogP) is -0.168. The van der Waals surface area contributed by atoms with Crippen LogP contribution in [0.4, 0.5) is 0 Å². The number of aromatic nitrogens is 1. The summed E-state index contributed by atoms with van der Waals surface area (Å²) in [4.78, 5) is 24.5. The van der Waals surface area contributed by atoms with Gasteiger partial charge in [-0.25, -0.2) is 0 Å². The lowest BCUT2D eigenvalue weighted by molar-refractivity contribution is 0.0947. The zero-order chi connectivity index (χ0) is 11.4. The average molecular weight is 206 g/mol. The summed E-state index contributed by atoms with van der Waals surface area (Å²) in [6.45, 7) is 1.63. The fourth-order valence-corrected chi connectivity index (χ4v) is 0.981. The van der Waals surface area contributed by atoms with Gasteiger partial charge in [0.1, 0.15) is 0 Å². The molecule has 5 heteroatoms. The number of aromatic hydroxyl groups is 1. The van der Waals surface area contributed by atoms with Crippen molar-refractivity contribution in [3.8, 4) is 18.2 Å². The van der Waals surface area contributed by atoms with Gasteiger partial charge < -0.3 is 10.4 Å². The molecule has 0 bridgehead atoms. The van der Waals surface area contributed by atoms with E-state index in [0.717, 1.165) is 12.1 Å². The van der Waals surface area contributed by atoms with Crippen LogP contribution in [0.3, 0.4) is 0 Å². The van der Waals surface area contributed by atoms with Crippen LogP contribution in [0.1, 0.15) is 17.3 Å². The zero-order valence-corrected chi connectivity index (χ0v) is 8.07. The third-order valence-electron chi connectivity index (χ3n) is 1.69. The molecule has 0 aliphatic carbocycles. The average Bonchev–Trinajstić information content (AvgIpc) is 2.16. The maximum absolute atomic E-state index is 11.4. The van der Waals surface area contributed by atoms with Crippen LogP contribution in [0.15, 0.2) is 16.9 Å². The van der Waals surface area contributed by atoms with Crippen molar-refractivity contribution in [2.24, 2.45) is 0 Å². The van der Waals surface area contributed by atoms with Crippen LogP contribution >= 0.6 is 0 Å². The lowest BCUT2D eigenvalue weighted by atomic mass is 10.2. The van der Waals surface area contributed by atoms with Crippen molar-refractivity contribution in [2.75, 3.05) is 0 Å². The molecule has 0 fully saturated rings. The van der Waals surface area contributed by atoms with E-state index >= 15 is 0 Å². The number of aromatic amines is 1. The van der Waals surface area contributed by atoms with E-state index < -0.39 is 17.5 Å². The normalized spacial score (nSPS) is 11.5. The quantitative estimate of drug-likeness (QED) is 0.587. The predicted molar refractivity (Wildman–Crippen MR) is 54.5 cm³/mol. The summed E-state index contributed by atoms with van der Waals surface area (Å²) >= 11 is 0. The number of hydrogen-bond donors (Lipinski definition) is 3. The second kappa shape index (κ2) is 4.33. The fourth-order valence-electron chi connectivity index (χ4n) is 0.981. The van der Waals surface area contributed by atoms with Crippen LogP contribution in [0.2, 0.25) is 0 Å². The van der Waals surface area contributed by atoms with Gasteiger partial charge in [0.15, 0.2) is 5.88 Å². The molecule has 1 unspecified atom stereocenters. The molecule has 1 rings (SSSR count). The third-order valence-corrected chi connectivity index (χ3v) is 1.69. The van der Waals surface area contributed by atoms with Crippen LogP contribution < -0.4 is 10.9 Å². The number of pyridine rings is 1. The maximum Gasteiger partial charge on any atom is 0.252 e. The molecule has 0 aliphatic rings. The van der Waals surface area contributed by atoms with Crippen molar-refractivity contribution in [1.29, 1.82) is 0 Å². The van der Waals surface area contributed by atoms with Crippen LogP contribution in [-0.2, 0) is 0 Å². The Morgan fingerprint density at radius 2 is 2.33 bits per heavy atom. The van der Waals surface area contributed by atoms with E-state index in [4.69, 9.17) is 11.5 Å². The molecule has 0 saturated carbocycles. The van der Waals surface area contributed by atoms with E-state index in [1.165, 1.54) is 0 Å². The Balaban J connectivity index is 2.93. The zero-order valence-electron chi connectivity index (χ0n) is 8.07. The van der Waals surface area contributed by atoms with E-state index in [9.17, 15) is 9.59 Å². The highest BCUT2D eigenvalue weighted by Gasteiger charge is 2.09. The number of nitrogens with one attached hydrogen (secondary N) is 2. The number of rotatable bonds is 2. The first kappa shape index (κ1) is 10.9.